The molecule has 2 N–H and O–H groups in total. The summed E-state index contributed by atoms with van der Waals surface area (Å²) in [6.45, 7) is 0. The van der Waals surface area contributed by atoms with Gasteiger partial charge in [-0.15, -0.1) is 0 Å². The number of H-pyrrole nitrogens is 1. The van der Waals surface area contributed by atoms with Crippen LogP contribution in [0.4, 0.5) is 10.1 Å². The minimum Gasteiger partial charge on any atom is -0.455 e. The maximum atomic E-state index is 13.3. The predicted octanol–water partition coefficient (Wildman–Crippen LogP) is 5.96. The number of anilines is 1. The number of hydrogen-bond donors (Lipinski definition) is 2. The highest BCUT2D eigenvalue weighted by Crippen LogP contribution is 2.30. The van der Waals surface area contributed by atoms with Gasteiger partial charge in [0, 0.05) is 35.4 Å². The molecule has 9 heteroatoms. The van der Waals surface area contributed by atoms with Gasteiger partial charge in [-0.05, 0) is 60.7 Å². The first-order valence-electron chi connectivity index (χ1n) is 12.0. The molecule has 0 radical (unpaired) electrons. The molecule has 0 fully saturated rings. The largest absolute Gasteiger partial charge is 0.455 e. The first kappa shape index (κ1) is 23.8. The highest BCUT2D eigenvalue weighted by molar-refractivity contribution is 6.04. The van der Waals surface area contributed by atoms with Crippen LogP contribution in [0.15, 0.2) is 114 Å². The van der Waals surface area contributed by atoms with E-state index in [-0.39, 0.29) is 5.56 Å². The summed E-state index contributed by atoms with van der Waals surface area (Å²) >= 11 is 0. The molecule has 1 amide bonds. The Morgan fingerprint density at radius 2 is 1.67 bits per heavy atom. The molecule has 0 aliphatic rings. The second-order valence-corrected chi connectivity index (χ2v) is 8.61. The molecule has 3 aromatic carbocycles. The fourth-order valence-electron chi connectivity index (χ4n) is 4.11. The van der Waals surface area contributed by atoms with E-state index in [1.807, 2.05) is 30.3 Å². The number of ether oxygens (including phenoxy) is 1. The van der Waals surface area contributed by atoms with E-state index in [0.717, 1.165) is 5.56 Å². The molecule has 0 unspecified atom stereocenters. The van der Waals surface area contributed by atoms with Crippen LogP contribution in [0, 0.1) is 5.82 Å². The summed E-state index contributed by atoms with van der Waals surface area (Å²) < 4.78 is 20.6. The summed E-state index contributed by atoms with van der Waals surface area (Å²) in [6, 6.07) is 26.7. The van der Waals surface area contributed by atoms with Gasteiger partial charge in [-0.1, -0.05) is 30.3 Å². The minimum absolute atomic E-state index is 0.0465. The molecule has 190 valence electrons. The van der Waals surface area contributed by atoms with Crippen LogP contribution < -0.4 is 15.6 Å². The van der Waals surface area contributed by atoms with E-state index in [0.29, 0.717) is 39.9 Å². The number of carbonyl (C=O) groups excluding carboxylic acids is 1. The summed E-state index contributed by atoms with van der Waals surface area (Å²) in [5, 5.41) is 2.74. The van der Waals surface area contributed by atoms with Crippen molar-refractivity contribution in [3.8, 4) is 28.6 Å². The molecule has 6 aromatic rings. The number of nitrogens with one attached hydrogen (secondary N) is 2. The Balaban J connectivity index is 1.19. The number of pyridine rings is 2. The van der Waals surface area contributed by atoms with Gasteiger partial charge < -0.3 is 15.0 Å². The van der Waals surface area contributed by atoms with E-state index < -0.39 is 17.3 Å². The van der Waals surface area contributed by atoms with Gasteiger partial charge in [-0.2, -0.15) is 0 Å². The van der Waals surface area contributed by atoms with Gasteiger partial charge in [0.2, 0.25) is 0 Å². The van der Waals surface area contributed by atoms with E-state index in [2.05, 4.69) is 20.3 Å². The lowest BCUT2D eigenvalue weighted by atomic mass is 10.2. The number of carbonyl (C=O) groups is 1. The molecule has 0 aliphatic carbocycles. The van der Waals surface area contributed by atoms with Gasteiger partial charge in [0.25, 0.3) is 11.5 Å². The van der Waals surface area contributed by atoms with Crippen molar-refractivity contribution in [1.29, 1.82) is 0 Å². The average molecular weight is 518 g/mol. The van der Waals surface area contributed by atoms with E-state index in [4.69, 9.17) is 4.74 Å². The van der Waals surface area contributed by atoms with E-state index in [1.165, 1.54) is 41.1 Å². The van der Waals surface area contributed by atoms with Crippen LogP contribution >= 0.6 is 0 Å². The molecule has 0 saturated heterocycles. The normalized spacial score (nSPS) is 10.9. The van der Waals surface area contributed by atoms with Crippen LogP contribution in [0.5, 0.6) is 11.5 Å². The molecule has 3 aromatic heterocycles. The number of amides is 1. The fourth-order valence-corrected chi connectivity index (χ4v) is 4.11. The zero-order valence-corrected chi connectivity index (χ0v) is 20.3. The van der Waals surface area contributed by atoms with Crippen LogP contribution in [-0.2, 0) is 0 Å². The lowest BCUT2D eigenvalue weighted by Gasteiger charge is -2.10. The molecule has 0 saturated carbocycles. The van der Waals surface area contributed by atoms with Crippen LogP contribution in [0.2, 0.25) is 0 Å². The Bertz CT molecular complexity index is 1850. The second kappa shape index (κ2) is 10.1. The molecule has 6 rings (SSSR count). The number of rotatable bonds is 6. The van der Waals surface area contributed by atoms with E-state index in [9.17, 15) is 14.0 Å². The first-order valence-corrected chi connectivity index (χ1v) is 12.0. The van der Waals surface area contributed by atoms with Crippen LogP contribution in [0.3, 0.4) is 0 Å². The summed E-state index contributed by atoms with van der Waals surface area (Å²) in [6.07, 6.45) is 3.15. The number of nitrogens with zero attached hydrogens (tertiary/aromatic N) is 3. The van der Waals surface area contributed by atoms with Crippen molar-refractivity contribution in [2.24, 2.45) is 0 Å². The smallest absolute Gasteiger partial charge is 0.267 e. The van der Waals surface area contributed by atoms with Gasteiger partial charge in [-0.25, -0.2) is 14.4 Å². The van der Waals surface area contributed by atoms with Gasteiger partial charge in [0.15, 0.2) is 11.4 Å². The van der Waals surface area contributed by atoms with Gasteiger partial charge in [0.05, 0.1) is 0 Å². The van der Waals surface area contributed by atoms with Crippen molar-refractivity contribution in [1.82, 2.24) is 19.5 Å². The van der Waals surface area contributed by atoms with Crippen molar-refractivity contribution in [3.63, 3.8) is 0 Å². The monoisotopic (exact) mass is 517 g/mol. The summed E-state index contributed by atoms with van der Waals surface area (Å²) in [4.78, 5) is 38.0. The maximum absolute atomic E-state index is 13.3. The number of imidazole rings is 1. The number of fused-ring (bicyclic) bond motifs is 1. The Morgan fingerprint density at radius 3 is 2.44 bits per heavy atom. The molecule has 0 bridgehead atoms. The Hall–Kier alpha value is -5.57. The fraction of sp³-hybridized carbons (Fsp3) is 0. The van der Waals surface area contributed by atoms with Gasteiger partial charge in [-0.3, -0.25) is 14.2 Å². The quantitative estimate of drug-likeness (QED) is 0.284. The third-order valence-electron chi connectivity index (χ3n) is 6.04. The Labute approximate surface area is 221 Å². The molecule has 0 spiro atoms. The predicted molar refractivity (Wildman–Crippen MR) is 146 cm³/mol. The van der Waals surface area contributed by atoms with Gasteiger partial charge >= 0.3 is 0 Å². The van der Waals surface area contributed by atoms with Crippen molar-refractivity contribution in [2.75, 3.05) is 5.32 Å². The van der Waals surface area contributed by atoms with Crippen molar-refractivity contribution >= 4 is 22.8 Å². The standard InChI is InChI=1S/C30H20FN5O3/c31-20-8-12-22(13-9-20)36-18-4-7-24(30(36)38)29(37)33-21-10-14-23(15-11-21)39-25-16-17-32-28-26(25)34-27(35-28)19-5-2-1-3-6-19/h1-18H,(H,33,37)(H,32,34,35). The third-order valence-corrected chi connectivity index (χ3v) is 6.04. The number of aromatic amines is 1. The van der Waals surface area contributed by atoms with Crippen LogP contribution in [0.25, 0.3) is 28.2 Å². The summed E-state index contributed by atoms with van der Waals surface area (Å²) in [5.41, 5.74) is 2.50. The molecular formula is C30H20FN5O3. The second-order valence-electron chi connectivity index (χ2n) is 8.61. The number of halogens is 1. The summed E-state index contributed by atoms with van der Waals surface area (Å²) in [5.74, 6) is 0.799. The molecule has 3 heterocycles. The number of benzene rings is 3. The zero-order valence-electron chi connectivity index (χ0n) is 20.3. The van der Waals surface area contributed by atoms with E-state index in [1.54, 1.807) is 42.6 Å². The summed E-state index contributed by atoms with van der Waals surface area (Å²) in [7, 11) is 0. The Morgan fingerprint density at radius 1 is 0.897 bits per heavy atom. The zero-order chi connectivity index (χ0) is 26.8. The lowest BCUT2D eigenvalue weighted by molar-refractivity contribution is 0.102. The van der Waals surface area contributed by atoms with Crippen LogP contribution in [-0.4, -0.2) is 25.4 Å². The molecular weight excluding hydrogens is 497 g/mol. The van der Waals surface area contributed by atoms with Crippen LogP contribution in [0.1, 0.15) is 10.4 Å². The van der Waals surface area contributed by atoms with Crippen molar-refractivity contribution < 1.29 is 13.9 Å². The SMILES string of the molecule is O=C(Nc1ccc(Oc2ccnc3nc(-c4ccccc4)[nH]c23)cc1)c1cccn(-c2ccc(F)cc2)c1=O. The first-order chi connectivity index (χ1) is 19.0. The van der Waals surface area contributed by atoms with Gasteiger partial charge in [0.1, 0.15) is 28.5 Å². The number of hydrogen-bond acceptors (Lipinski definition) is 5. The highest BCUT2D eigenvalue weighted by Gasteiger charge is 2.15. The minimum atomic E-state index is -0.563. The molecule has 0 atom stereocenters. The highest BCUT2D eigenvalue weighted by atomic mass is 19.1. The van der Waals surface area contributed by atoms with E-state index >= 15 is 0 Å². The molecule has 0 aliphatic heterocycles. The Kier molecular flexibility index (Phi) is 6.14. The average Bonchev–Trinajstić information content (AvgIpc) is 3.41. The molecule has 8 nitrogen and oxygen atoms in total. The third kappa shape index (κ3) is 4.88. The van der Waals surface area contributed by atoms with Crippen molar-refractivity contribution in [3.05, 3.63) is 131 Å². The van der Waals surface area contributed by atoms with Crippen molar-refractivity contribution in [2.45, 2.75) is 0 Å². The molecule has 39 heavy (non-hydrogen) atoms. The maximum Gasteiger partial charge on any atom is 0.267 e. The topological polar surface area (TPSA) is 102 Å². The number of aromatic nitrogens is 4. The lowest BCUT2D eigenvalue weighted by Crippen LogP contribution is -2.27.